The Morgan fingerprint density at radius 2 is 1.86 bits per heavy atom. The normalized spacial score (nSPS) is 31.6. The van der Waals surface area contributed by atoms with Crippen molar-refractivity contribution in [2.24, 2.45) is 0 Å². The molecule has 150 valence electrons. The maximum Gasteiger partial charge on any atom is 0.325 e. The lowest BCUT2D eigenvalue weighted by molar-refractivity contribution is -0.135. The van der Waals surface area contributed by atoms with Crippen molar-refractivity contribution in [3.63, 3.8) is 0 Å². The molecule has 4 amide bonds. The van der Waals surface area contributed by atoms with Crippen LogP contribution in [0.25, 0.3) is 0 Å². The second-order valence-corrected chi connectivity index (χ2v) is 8.05. The Bertz CT molecular complexity index is 784. The van der Waals surface area contributed by atoms with Gasteiger partial charge in [0.25, 0.3) is 5.91 Å². The predicted molar refractivity (Wildman–Crippen MR) is 102 cm³/mol. The molecule has 0 spiro atoms. The highest BCUT2D eigenvalue weighted by Gasteiger charge is 2.49. The van der Waals surface area contributed by atoms with Crippen LogP contribution in [0.2, 0.25) is 0 Å². The lowest BCUT2D eigenvalue weighted by Gasteiger charge is -2.30. The summed E-state index contributed by atoms with van der Waals surface area (Å²) in [5.41, 5.74) is -0.554. The van der Waals surface area contributed by atoms with Crippen LogP contribution in [-0.4, -0.2) is 54.5 Å². The van der Waals surface area contributed by atoms with Crippen molar-refractivity contribution in [3.8, 4) is 5.75 Å². The van der Waals surface area contributed by atoms with Gasteiger partial charge < -0.3 is 20.7 Å². The highest BCUT2D eigenvalue weighted by atomic mass is 16.5. The van der Waals surface area contributed by atoms with Gasteiger partial charge in [-0.3, -0.25) is 14.5 Å². The smallest absolute Gasteiger partial charge is 0.325 e. The fourth-order valence-electron chi connectivity index (χ4n) is 4.55. The number of carbonyl (C=O) groups excluding carboxylic acids is 3. The van der Waals surface area contributed by atoms with Gasteiger partial charge in [-0.05, 0) is 50.3 Å². The van der Waals surface area contributed by atoms with Gasteiger partial charge in [0.15, 0.2) is 0 Å². The second-order valence-electron chi connectivity index (χ2n) is 8.05. The van der Waals surface area contributed by atoms with E-state index in [0.717, 1.165) is 30.6 Å². The number of urea groups is 1. The van der Waals surface area contributed by atoms with Crippen LogP contribution in [0.4, 0.5) is 4.79 Å². The molecule has 3 heterocycles. The number of fused-ring (bicyclic) bond motifs is 2. The fourth-order valence-corrected chi connectivity index (χ4v) is 4.55. The van der Waals surface area contributed by atoms with E-state index in [0.29, 0.717) is 23.4 Å². The van der Waals surface area contributed by atoms with E-state index >= 15 is 0 Å². The molecule has 8 nitrogen and oxygen atoms in total. The Labute approximate surface area is 164 Å². The first-order chi connectivity index (χ1) is 13.4. The third kappa shape index (κ3) is 3.32. The predicted octanol–water partition coefficient (Wildman–Crippen LogP) is 0.861. The van der Waals surface area contributed by atoms with E-state index in [9.17, 15) is 14.4 Å². The molecule has 3 aliphatic rings. The number of benzene rings is 1. The number of rotatable bonds is 5. The molecule has 3 aliphatic heterocycles. The van der Waals surface area contributed by atoms with Gasteiger partial charge in [0.05, 0.1) is 7.11 Å². The quantitative estimate of drug-likeness (QED) is 0.652. The molecular weight excluding hydrogens is 360 g/mol. The van der Waals surface area contributed by atoms with Crippen LogP contribution in [0.5, 0.6) is 5.75 Å². The van der Waals surface area contributed by atoms with Gasteiger partial charge in [-0.2, -0.15) is 0 Å². The van der Waals surface area contributed by atoms with E-state index in [1.165, 1.54) is 0 Å². The minimum Gasteiger partial charge on any atom is -0.497 e. The molecule has 0 radical (unpaired) electrons. The van der Waals surface area contributed by atoms with Gasteiger partial charge in [0.2, 0.25) is 5.91 Å². The number of hydrogen-bond donors (Lipinski definition) is 3. The number of amides is 4. The van der Waals surface area contributed by atoms with Gasteiger partial charge in [-0.15, -0.1) is 0 Å². The molecule has 3 saturated heterocycles. The maximum atomic E-state index is 13.0. The third-order valence-corrected chi connectivity index (χ3v) is 6.08. The Kier molecular flexibility index (Phi) is 4.74. The van der Waals surface area contributed by atoms with Crippen LogP contribution in [0, 0.1) is 0 Å². The van der Waals surface area contributed by atoms with Gasteiger partial charge in [0, 0.05) is 18.1 Å². The van der Waals surface area contributed by atoms with Crippen molar-refractivity contribution in [3.05, 3.63) is 29.8 Å². The zero-order valence-electron chi connectivity index (χ0n) is 16.2. The molecule has 0 aromatic heterocycles. The summed E-state index contributed by atoms with van der Waals surface area (Å²) in [6.07, 6.45) is 4.08. The summed E-state index contributed by atoms with van der Waals surface area (Å²) >= 11 is 0. The van der Waals surface area contributed by atoms with E-state index in [-0.39, 0.29) is 18.5 Å². The zero-order valence-corrected chi connectivity index (χ0v) is 16.2. The van der Waals surface area contributed by atoms with Crippen molar-refractivity contribution in [1.82, 2.24) is 20.9 Å². The summed E-state index contributed by atoms with van der Waals surface area (Å²) in [6.45, 7) is 1.38. The van der Waals surface area contributed by atoms with E-state index in [2.05, 4.69) is 16.0 Å². The summed E-state index contributed by atoms with van der Waals surface area (Å²) in [4.78, 5) is 38.9. The highest BCUT2D eigenvalue weighted by molar-refractivity contribution is 6.09. The highest BCUT2D eigenvalue weighted by Crippen LogP contribution is 2.30. The molecule has 28 heavy (non-hydrogen) atoms. The molecule has 3 atom stereocenters. The summed E-state index contributed by atoms with van der Waals surface area (Å²) in [5, 5.41) is 9.25. The maximum absolute atomic E-state index is 13.0. The van der Waals surface area contributed by atoms with Gasteiger partial charge >= 0.3 is 6.03 Å². The number of imide groups is 1. The Morgan fingerprint density at radius 1 is 1.21 bits per heavy atom. The topological polar surface area (TPSA) is 99.8 Å². The molecule has 4 rings (SSSR count). The number of nitrogens with one attached hydrogen (secondary N) is 3. The van der Waals surface area contributed by atoms with Crippen LogP contribution in [0.15, 0.2) is 24.3 Å². The second kappa shape index (κ2) is 7.09. The molecule has 0 aliphatic carbocycles. The molecule has 3 N–H and O–H groups in total. The van der Waals surface area contributed by atoms with Crippen molar-refractivity contribution in [2.75, 3.05) is 13.7 Å². The third-order valence-electron chi connectivity index (χ3n) is 6.08. The molecular formula is C20H26N4O4. The molecule has 3 unspecified atom stereocenters. The number of carbonyl (C=O) groups is 3. The van der Waals surface area contributed by atoms with Gasteiger partial charge in [-0.1, -0.05) is 12.1 Å². The van der Waals surface area contributed by atoms with Crippen LogP contribution in [0.1, 0.15) is 38.2 Å². The van der Waals surface area contributed by atoms with Crippen LogP contribution < -0.4 is 20.7 Å². The lowest BCUT2D eigenvalue weighted by Crippen LogP contribution is -2.50. The van der Waals surface area contributed by atoms with Crippen molar-refractivity contribution in [1.29, 1.82) is 0 Å². The lowest BCUT2D eigenvalue weighted by atomic mass is 9.92. The fraction of sp³-hybridized carbons (Fsp3) is 0.550. The van der Waals surface area contributed by atoms with Crippen LogP contribution in [-0.2, 0) is 15.1 Å². The first kappa shape index (κ1) is 18.7. The van der Waals surface area contributed by atoms with Crippen LogP contribution >= 0.6 is 0 Å². The molecule has 3 fully saturated rings. The Balaban J connectivity index is 1.41. The van der Waals surface area contributed by atoms with E-state index in [4.69, 9.17) is 4.74 Å². The average Bonchev–Trinajstić information content (AvgIpc) is 3.13. The average molecular weight is 386 g/mol. The number of nitrogens with zero attached hydrogens (tertiary/aromatic N) is 1. The molecule has 2 bridgehead atoms. The number of ether oxygens (including phenoxy) is 1. The molecule has 0 saturated carbocycles. The van der Waals surface area contributed by atoms with E-state index < -0.39 is 17.5 Å². The molecule has 8 heteroatoms. The first-order valence-electron chi connectivity index (χ1n) is 9.73. The monoisotopic (exact) mass is 386 g/mol. The number of methoxy groups -OCH3 is 1. The van der Waals surface area contributed by atoms with E-state index in [1.54, 1.807) is 38.3 Å². The summed E-state index contributed by atoms with van der Waals surface area (Å²) in [7, 11) is 1.56. The van der Waals surface area contributed by atoms with Gasteiger partial charge in [-0.25, -0.2) is 4.79 Å². The van der Waals surface area contributed by atoms with Crippen molar-refractivity contribution < 1.29 is 19.1 Å². The van der Waals surface area contributed by atoms with E-state index in [1.807, 2.05) is 0 Å². The van der Waals surface area contributed by atoms with Crippen LogP contribution in [0.3, 0.4) is 0 Å². The standard InChI is InChI=1S/C20H26N4O4/c1-20(12-3-7-16(28-2)8-4-12)18(26)24(19(27)23-20)11-17(25)22-15-9-13-5-6-14(10-15)21-13/h3-4,7-8,13-15,21H,5-6,9-11H2,1-2H3,(H,22,25)(H,23,27). The summed E-state index contributed by atoms with van der Waals surface area (Å²) < 4.78 is 5.14. The number of hydrogen-bond acceptors (Lipinski definition) is 5. The Morgan fingerprint density at radius 3 is 2.46 bits per heavy atom. The minimum atomic E-state index is -1.20. The first-order valence-corrected chi connectivity index (χ1v) is 9.73. The minimum absolute atomic E-state index is 0.0972. The molecule has 1 aromatic carbocycles. The summed E-state index contributed by atoms with van der Waals surface area (Å²) in [6, 6.07) is 7.42. The SMILES string of the molecule is COc1ccc(C2(C)NC(=O)N(CC(=O)NC3CC4CCC(C3)N4)C2=O)cc1. The molecule has 1 aromatic rings. The largest absolute Gasteiger partial charge is 0.497 e. The van der Waals surface area contributed by atoms with Crippen molar-refractivity contribution >= 4 is 17.8 Å². The number of piperidine rings is 1. The summed E-state index contributed by atoms with van der Waals surface area (Å²) in [5.74, 6) is -0.0618. The van der Waals surface area contributed by atoms with Gasteiger partial charge in [0.1, 0.15) is 17.8 Å². The zero-order chi connectivity index (χ0) is 19.9. The Hall–Kier alpha value is -2.61. The van der Waals surface area contributed by atoms with Crippen molar-refractivity contribution in [2.45, 2.75) is 56.3 Å².